The largest absolute Gasteiger partial charge is 0.494 e. The van der Waals surface area contributed by atoms with Gasteiger partial charge in [-0.2, -0.15) is 0 Å². The molecule has 0 amide bonds. The summed E-state index contributed by atoms with van der Waals surface area (Å²) < 4.78 is 11.9. The van der Waals surface area contributed by atoms with Crippen molar-refractivity contribution < 1.29 is 9.15 Å². The Labute approximate surface area is 204 Å². The average molecular weight is 477 g/mol. The van der Waals surface area contributed by atoms with E-state index < -0.39 is 0 Å². The van der Waals surface area contributed by atoms with E-state index in [4.69, 9.17) is 31.5 Å². The molecule has 2 N–H and O–H groups in total. The maximum Gasteiger partial charge on any atom is 0.227 e. The topological polar surface area (TPSA) is 67.8 Å². The predicted octanol–water partition coefficient (Wildman–Crippen LogP) is 5.72. The molecule has 1 atom stereocenters. The van der Waals surface area contributed by atoms with Gasteiger partial charge in [0.15, 0.2) is 5.58 Å². The van der Waals surface area contributed by atoms with E-state index in [0.29, 0.717) is 18.5 Å². The van der Waals surface area contributed by atoms with Crippen molar-refractivity contribution in [1.29, 1.82) is 0 Å². The first-order valence-electron chi connectivity index (χ1n) is 11.7. The van der Waals surface area contributed by atoms with Gasteiger partial charge in [0.25, 0.3) is 0 Å². The fraction of sp³-hybridized carbons (Fsp3) is 0.296. The fourth-order valence-electron chi connectivity index (χ4n) is 4.30. The maximum absolute atomic E-state index is 6.02. The minimum atomic E-state index is 0.330. The van der Waals surface area contributed by atoms with Crippen LogP contribution < -0.4 is 15.4 Å². The van der Waals surface area contributed by atoms with E-state index in [9.17, 15) is 0 Å². The third-order valence-electron chi connectivity index (χ3n) is 6.27. The highest BCUT2D eigenvalue weighted by molar-refractivity contribution is 6.30. The Morgan fingerprint density at radius 1 is 1.09 bits per heavy atom. The number of rotatable bonds is 8. The number of nitrogens with two attached hydrogens (primary N) is 1. The second kappa shape index (κ2) is 10.1. The summed E-state index contributed by atoms with van der Waals surface area (Å²) in [5, 5.41) is 0.720. The number of fused-ring (bicyclic) bond motifs is 1. The second-order valence-electron chi connectivity index (χ2n) is 8.78. The number of oxazole rings is 1. The van der Waals surface area contributed by atoms with E-state index in [-0.39, 0.29) is 0 Å². The predicted molar refractivity (Wildman–Crippen MR) is 138 cm³/mol. The van der Waals surface area contributed by atoms with Crippen LogP contribution in [0.5, 0.6) is 5.75 Å². The monoisotopic (exact) mass is 476 g/mol. The quantitative estimate of drug-likeness (QED) is 0.328. The summed E-state index contributed by atoms with van der Waals surface area (Å²) in [6, 6.07) is 22.0. The van der Waals surface area contributed by atoms with Gasteiger partial charge in [0, 0.05) is 48.1 Å². The first kappa shape index (κ1) is 22.7. The van der Waals surface area contributed by atoms with E-state index >= 15 is 0 Å². The molecule has 0 unspecified atom stereocenters. The molecule has 0 saturated carbocycles. The van der Waals surface area contributed by atoms with Crippen LogP contribution in [0.1, 0.15) is 12.8 Å². The molecule has 0 radical (unpaired) electrons. The summed E-state index contributed by atoms with van der Waals surface area (Å²) in [4.78, 5) is 9.22. The van der Waals surface area contributed by atoms with Crippen LogP contribution in [0.15, 0.2) is 71.1 Å². The number of aromatic nitrogens is 1. The molecule has 0 bridgehead atoms. The van der Waals surface area contributed by atoms with Gasteiger partial charge in [-0.25, -0.2) is 4.98 Å². The van der Waals surface area contributed by atoms with Crippen LogP contribution in [0, 0.1) is 0 Å². The first-order chi connectivity index (χ1) is 16.5. The van der Waals surface area contributed by atoms with Crippen molar-refractivity contribution in [2.45, 2.75) is 18.9 Å². The number of halogens is 1. The number of benzene rings is 3. The molecule has 3 aromatic carbocycles. The Hall–Kier alpha value is -3.06. The van der Waals surface area contributed by atoms with Gasteiger partial charge in [-0.15, -0.1) is 0 Å². The van der Waals surface area contributed by atoms with Crippen molar-refractivity contribution in [2.24, 2.45) is 5.73 Å². The summed E-state index contributed by atoms with van der Waals surface area (Å²) in [6.07, 6.45) is 2.09. The Bertz CT molecular complexity index is 1240. The van der Waals surface area contributed by atoms with E-state index in [1.165, 1.54) is 0 Å². The van der Waals surface area contributed by atoms with Crippen molar-refractivity contribution in [2.75, 3.05) is 38.2 Å². The Balaban J connectivity index is 1.22. The number of anilines is 2. The van der Waals surface area contributed by atoms with E-state index in [2.05, 4.69) is 9.80 Å². The highest BCUT2D eigenvalue weighted by atomic mass is 35.5. The molecule has 4 aromatic rings. The first-order valence-corrected chi connectivity index (χ1v) is 12.0. The molecule has 1 aromatic heterocycles. The fourth-order valence-corrected chi connectivity index (χ4v) is 4.43. The SMILES string of the molecule is CN(c1ccc(Cl)cc1)c1ccc2oc(-c3ccc(OCCCN4CC[C@@H](N)C4)cc3)nc2c1. The Kier molecular flexibility index (Phi) is 6.72. The molecule has 176 valence electrons. The maximum atomic E-state index is 6.02. The van der Waals surface area contributed by atoms with Gasteiger partial charge in [0.1, 0.15) is 11.3 Å². The molecule has 1 saturated heterocycles. The third-order valence-corrected chi connectivity index (χ3v) is 6.52. The minimum absolute atomic E-state index is 0.330. The summed E-state index contributed by atoms with van der Waals surface area (Å²) >= 11 is 6.02. The number of ether oxygens (including phenoxy) is 1. The molecular weight excluding hydrogens is 448 g/mol. The lowest BCUT2D eigenvalue weighted by Crippen LogP contribution is -2.28. The lowest BCUT2D eigenvalue weighted by atomic mass is 10.2. The molecule has 1 fully saturated rings. The van der Waals surface area contributed by atoms with Crippen molar-refractivity contribution in [3.8, 4) is 17.2 Å². The minimum Gasteiger partial charge on any atom is -0.494 e. The second-order valence-corrected chi connectivity index (χ2v) is 9.22. The molecule has 6 nitrogen and oxygen atoms in total. The van der Waals surface area contributed by atoms with Gasteiger partial charge in [-0.05, 0) is 86.1 Å². The lowest BCUT2D eigenvalue weighted by Gasteiger charge is -2.19. The molecular formula is C27H29ClN4O2. The molecule has 2 heterocycles. The smallest absolute Gasteiger partial charge is 0.227 e. The van der Waals surface area contributed by atoms with Crippen molar-refractivity contribution >= 4 is 34.1 Å². The molecule has 7 heteroatoms. The van der Waals surface area contributed by atoms with E-state index in [1.54, 1.807) is 0 Å². The van der Waals surface area contributed by atoms with Crippen molar-refractivity contribution in [1.82, 2.24) is 9.88 Å². The van der Waals surface area contributed by atoms with Crippen LogP contribution >= 0.6 is 11.6 Å². The van der Waals surface area contributed by atoms with Crippen LogP contribution in [0.25, 0.3) is 22.6 Å². The number of nitrogens with zero attached hydrogens (tertiary/aromatic N) is 3. The Morgan fingerprint density at radius 2 is 1.85 bits per heavy atom. The molecule has 1 aliphatic heterocycles. The summed E-state index contributed by atoms with van der Waals surface area (Å²) in [6.45, 7) is 3.82. The van der Waals surface area contributed by atoms with Gasteiger partial charge in [0.2, 0.25) is 5.89 Å². The van der Waals surface area contributed by atoms with Gasteiger partial charge in [-0.3, -0.25) is 0 Å². The van der Waals surface area contributed by atoms with Gasteiger partial charge < -0.3 is 24.7 Å². The van der Waals surface area contributed by atoms with Crippen LogP contribution in [0.4, 0.5) is 11.4 Å². The molecule has 34 heavy (non-hydrogen) atoms. The third kappa shape index (κ3) is 5.20. The van der Waals surface area contributed by atoms with E-state index in [1.807, 2.05) is 73.8 Å². The van der Waals surface area contributed by atoms with Crippen molar-refractivity contribution in [3.05, 3.63) is 71.8 Å². The molecule has 0 aliphatic carbocycles. The summed E-state index contributed by atoms with van der Waals surface area (Å²) in [5.74, 6) is 1.45. The average Bonchev–Trinajstić information content (AvgIpc) is 3.47. The summed E-state index contributed by atoms with van der Waals surface area (Å²) in [7, 11) is 2.02. The van der Waals surface area contributed by atoms with E-state index in [0.717, 1.165) is 71.3 Å². The van der Waals surface area contributed by atoms with Gasteiger partial charge >= 0.3 is 0 Å². The van der Waals surface area contributed by atoms with Crippen LogP contribution in [0.2, 0.25) is 5.02 Å². The lowest BCUT2D eigenvalue weighted by molar-refractivity contribution is 0.262. The van der Waals surface area contributed by atoms with Crippen LogP contribution in [0.3, 0.4) is 0 Å². The van der Waals surface area contributed by atoms with Crippen LogP contribution in [-0.2, 0) is 0 Å². The zero-order valence-corrected chi connectivity index (χ0v) is 20.0. The zero-order valence-electron chi connectivity index (χ0n) is 19.3. The highest BCUT2D eigenvalue weighted by Gasteiger charge is 2.18. The summed E-state index contributed by atoms with van der Waals surface area (Å²) in [5.41, 5.74) is 10.5. The molecule has 0 spiro atoms. The zero-order chi connectivity index (χ0) is 23.5. The van der Waals surface area contributed by atoms with Gasteiger partial charge in [-0.1, -0.05) is 11.6 Å². The van der Waals surface area contributed by atoms with Gasteiger partial charge in [0.05, 0.1) is 6.61 Å². The normalized spacial score (nSPS) is 16.3. The Morgan fingerprint density at radius 3 is 2.59 bits per heavy atom. The van der Waals surface area contributed by atoms with Crippen molar-refractivity contribution in [3.63, 3.8) is 0 Å². The highest BCUT2D eigenvalue weighted by Crippen LogP contribution is 2.31. The van der Waals surface area contributed by atoms with Crippen LogP contribution in [-0.4, -0.2) is 49.2 Å². The standard InChI is InChI=1S/C27H29ClN4O2/c1-31(22-7-5-20(28)6-8-22)23-9-12-26-25(17-23)30-27(34-26)19-3-10-24(11-4-19)33-16-2-14-32-15-13-21(29)18-32/h3-12,17,21H,2,13-16,18,29H2,1H3/t21-/m1/s1. The molecule has 5 rings (SSSR count). The number of hydrogen-bond donors (Lipinski definition) is 1. The number of hydrogen-bond acceptors (Lipinski definition) is 6. The number of likely N-dealkylation sites (tertiary alicyclic amines) is 1. The molecule has 1 aliphatic rings.